The first kappa shape index (κ1) is 24.3. The maximum Gasteiger partial charge on any atom is 0.255 e. The molecule has 1 aliphatic carbocycles. The molecule has 0 radical (unpaired) electrons. The number of carbonyl (C=O) groups is 2. The maximum atomic E-state index is 13.0. The van der Waals surface area contributed by atoms with E-state index in [1.807, 2.05) is 18.2 Å². The van der Waals surface area contributed by atoms with E-state index in [9.17, 15) is 9.59 Å². The van der Waals surface area contributed by atoms with Gasteiger partial charge in [0.05, 0.1) is 5.60 Å². The molecule has 3 fully saturated rings. The number of piperidine rings is 1. The predicted octanol–water partition coefficient (Wildman–Crippen LogP) is 3.92. The van der Waals surface area contributed by atoms with Crippen LogP contribution in [0.1, 0.15) is 81.1 Å². The van der Waals surface area contributed by atoms with Gasteiger partial charge in [-0.3, -0.25) is 9.59 Å². The summed E-state index contributed by atoms with van der Waals surface area (Å²) < 4.78 is 12.4. The van der Waals surface area contributed by atoms with E-state index >= 15 is 0 Å². The number of fused-ring (bicyclic) bond motifs is 1. The Morgan fingerprint density at radius 3 is 2.83 bits per heavy atom. The van der Waals surface area contributed by atoms with Gasteiger partial charge in [0.15, 0.2) is 0 Å². The Morgan fingerprint density at radius 2 is 2.03 bits per heavy atom. The van der Waals surface area contributed by atoms with Gasteiger partial charge >= 0.3 is 0 Å². The number of carbonyl (C=O) groups excluding carboxylic acids is 2. The van der Waals surface area contributed by atoms with Crippen LogP contribution in [-0.4, -0.2) is 53.7 Å². The number of rotatable bonds is 6. The summed E-state index contributed by atoms with van der Waals surface area (Å²) in [7, 11) is 0. The van der Waals surface area contributed by atoms with Gasteiger partial charge in [0.25, 0.3) is 5.91 Å². The van der Waals surface area contributed by atoms with Crippen LogP contribution in [0.5, 0.6) is 5.75 Å². The molecule has 35 heavy (non-hydrogen) atoms. The van der Waals surface area contributed by atoms with Crippen LogP contribution in [-0.2, 0) is 16.1 Å². The lowest BCUT2D eigenvalue weighted by atomic mass is 9.87. The van der Waals surface area contributed by atoms with E-state index in [2.05, 4.69) is 31.1 Å². The van der Waals surface area contributed by atoms with E-state index < -0.39 is 6.04 Å². The second kappa shape index (κ2) is 9.94. The highest BCUT2D eigenvalue weighted by Gasteiger charge is 2.38. The summed E-state index contributed by atoms with van der Waals surface area (Å²) in [6.07, 6.45) is 8.18. The molecule has 4 aliphatic rings. The third-order valence-corrected chi connectivity index (χ3v) is 8.06. The van der Waals surface area contributed by atoms with Crippen molar-refractivity contribution < 1.29 is 19.1 Å². The van der Waals surface area contributed by atoms with Gasteiger partial charge in [-0.1, -0.05) is 13.0 Å². The van der Waals surface area contributed by atoms with Crippen LogP contribution in [0.15, 0.2) is 30.5 Å². The summed E-state index contributed by atoms with van der Waals surface area (Å²) in [5.41, 5.74) is 2.31. The molecular weight excluding hydrogens is 442 g/mol. The summed E-state index contributed by atoms with van der Waals surface area (Å²) in [5.74, 6) is 1.23. The van der Waals surface area contributed by atoms with Crippen molar-refractivity contribution in [3.8, 4) is 5.75 Å². The number of ether oxygens (including phenoxy) is 2. The Bertz CT molecular complexity index is 990. The zero-order chi connectivity index (χ0) is 24.6. The third-order valence-electron chi connectivity index (χ3n) is 8.06. The molecule has 2 N–H and O–H groups in total. The number of nitrogens with one attached hydrogen (secondary N) is 2. The van der Waals surface area contributed by atoms with Gasteiger partial charge in [-0.05, 0) is 95.0 Å². The van der Waals surface area contributed by atoms with Gasteiger partial charge in [0.1, 0.15) is 17.9 Å². The van der Waals surface area contributed by atoms with Crippen LogP contribution in [0.3, 0.4) is 0 Å². The van der Waals surface area contributed by atoms with E-state index in [0.29, 0.717) is 36.9 Å². The molecule has 3 aliphatic heterocycles. The van der Waals surface area contributed by atoms with Gasteiger partial charge in [-0.25, -0.2) is 0 Å². The lowest BCUT2D eigenvalue weighted by Gasteiger charge is -2.38. The van der Waals surface area contributed by atoms with Gasteiger partial charge in [-0.2, -0.15) is 0 Å². The van der Waals surface area contributed by atoms with Gasteiger partial charge in [-0.15, -0.1) is 0 Å². The van der Waals surface area contributed by atoms with E-state index in [1.54, 1.807) is 4.90 Å². The largest absolute Gasteiger partial charge is 0.489 e. The van der Waals surface area contributed by atoms with Crippen LogP contribution in [0.4, 0.5) is 0 Å². The molecule has 7 heteroatoms. The molecule has 1 saturated carbocycles. The van der Waals surface area contributed by atoms with Crippen molar-refractivity contribution in [2.75, 3.05) is 13.2 Å². The molecule has 190 valence electrons. The molecule has 3 heterocycles. The molecule has 0 spiro atoms. The molecule has 0 bridgehead atoms. The van der Waals surface area contributed by atoms with E-state index in [-0.39, 0.29) is 23.5 Å². The van der Waals surface area contributed by atoms with Gasteiger partial charge in [0.2, 0.25) is 5.91 Å². The first-order valence-corrected chi connectivity index (χ1v) is 13.3. The van der Waals surface area contributed by atoms with Crippen molar-refractivity contribution in [1.29, 1.82) is 0 Å². The molecule has 2 unspecified atom stereocenters. The highest BCUT2D eigenvalue weighted by molar-refractivity contribution is 6.01. The molecule has 1 aromatic carbocycles. The second-order valence-electron chi connectivity index (χ2n) is 11.3. The summed E-state index contributed by atoms with van der Waals surface area (Å²) in [6, 6.07) is 5.67. The number of nitrogens with zero attached hydrogens (tertiary/aromatic N) is 1. The highest BCUT2D eigenvalue weighted by Crippen LogP contribution is 2.33. The molecule has 2 saturated heterocycles. The number of allylic oxidation sites excluding steroid dienone is 1. The molecule has 4 atom stereocenters. The van der Waals surface area contributed by atoms with Crippen molar-refractivity contribution in [3.63, 3.8) is 0 Å². The Hall–Kier alpha value is -2.38. The number of hydrogen-bond donors (Lipinski definition) is 2. The van der Waals surface area contributed by atoms with E-state index in [4.69, 9.17) is 9.47 Å². The fraction of sp³-hybridized carbons (Fsp3) is 0.643. The third kappa shape index (κ3) is 5.41. The minimum Gasteiger partial charge on any atom is -0.489 e. The minimum atomic E-state index is -0.438. The quantitative estimate of drug-likeness (QED) is 0.644. The van der Waals surface area contributed by atoms with Gasteiger partial charge < -0.3 is 25.0 Å². The Morgan fingerprint density at radius 1 is 1.20 bits per heavy atom. The average molecular weight is 482 g/mol. The Labute approximate surface area is 208 Å². The van der Waals surface area contributed by atoms with E-state index in [0.717, 1.165) is 55.8 Å². The SMILES string of the molecule is C=C1CCC(N2Cc3cc(O[C@@H]4CCCC[C@@H]4NCC4CCOC(C)(C)C4)ccc3C2=O)C(=O)N1. The first-order chi connectivity index (χ1) is 16.8. The van der Waals surface area contributed by atoms with Crippen LogP contribution >= 0.6 is 0 Å². The molecule has 0 aromatic heterocycles. The van der Waals surface area contributed by atoms with Crippen LogP contribution in [0.25, 0.3) is 0 Å². The zero-order valence-electron chi connectivity index (χ0n) is 21.1. The number of hydrogen-bond acceptors (Lipinski definition) is 5. The van der Waals surface area contributed by atoms with Gasteiger partial charge in [0, 0.05) is 30.5 Å². The minimum absolute atomic E-state index is 0.0327. The normalized spacial score (nSPS) is 30.7. The average Bonchev–Trinajstić information content (AvgIpc) is 3.13. The zero-order valence-corrected chi connectivity index (χ0v) is 21.1. The summed E-state index contributed by atoms with van der Waals surface area (Å²) >= 11 is 0. The maximum absolute atomic E-state index is 13.0. The van der Waals surface area contributed by atoms with E-state index in [1.165, 1.54) is 12.8 Å². The number of benzene rings is 1. The topological polar surface area (TPSA) is 79.9 Å². The van der Waals surface area contributed by atoms with Crippen LogP contribution in [0.2, 0.25) is 0 Å². The molecule has 2 amide bonds. The van der Waals surface area contributed by atoms with Crippen molar-refractivity contribution in [2.45, 2.75) is 95.5 Å². The molecule has 5 rings (SSSR count). The van der Waals surface area contributed by atoms with Crippen molar-refractivity contribution in [1.82, 2.24) is 15.5 Å². The standard InChI is InChI=1S/C28H39N3O4/c1-18-8-11-24(26(32)30-18)31-17-20-14-21(9-10-22(20)27(31)33)35-25-7-5-4-6-23(25)29-16-19-12-13-34-28(2,3)15-19/h9-10,14,19,23-25,29H,1,4-8,11-13,15-17H2,2-3H3,(H,30,32)/t19?,23-,24?,25+/m0/s1. The lowest BCUT2D eigenvalue weighted by Crippen LogP contribution is -2.49. The monoisotopic (exact) mass is 481 g/mol. The summed E-state index contributed by atoms with van der Waals surface area (Å²) in [5, 5.41) is 6.62. The summed E-state index contributed by atoms with van der Waals surface area (Å²) in [4.78, 5) is 27.2. The molecule has 1 aromatic rings. The Balaban J connectivity index is 1.21. The molecular formula is C28H39N3O4. The smallest absolute Gasteiger partial charge is 0.255 e. The fourth-order valence-corrected chi connectivity index (χ4v) is 6.20. The van der Waals surface area contributed by atoms with Crippen molar-refractivity contribution >= 4 is 11.8 Å². The number of amides is 2. The lowest BCUT2D eigenvalue weighted by molar-refractivity contribution is -0.126. The first-order valence-electron chi connectivity index (χ1n) is 13.3. The summed E-state index contributed by atoms with van der Waals surface area (Å²) in [6.45, 7) is 10.5. The van der Waals surface area contributed by atoms with Crippen molar-refractivity contribution in [2.24, 2.45) is 5.92 Å². The fourth-order valence-electron chi connectivity index (χ4n) is 6.20. The highest BCUT2D eigenvalue weighted by atomic mass is 16.5. The van der Waals surface area contributed by atoms with Crippen LogP contribution in [0, 0.1) is 5.92 Å². The molecule has 7 nitrogen and oxygen atoms in total. The second-order valence-corrected chi connectivity index (χ2v) is 11.3. The van der Waals surface area contributed by atoms with Crippen LogP contribution < -0.4 is 15.4 Å². The predicted molar refractivity (Wildman–Crippen MR) is 134 cm³/mol. The van der Waals surface area contributed by atoms with Crippen molar-refractivity contribution in [3.05, 3.63) is 41.6 Å². The Kier molecular flexibility index (Phi) is 6.91.